The second-order valence-corrected chi connectivity index (χ2v) is 47.6. The molecule has 0 fully saturated rings. The molecule has 0 aliphatic heterocycles. The Morgan fingerprint density at radius 3 is 0.470 bits per heavy atom. The summed E-state index contributed by atoms with van der Waals surface area (Å²) >= 11 is 0. The number of amides is 3. The van der Waals surface area contributed by atoms with Gasteiger partial charge < -0.3 is 16.0 Å². The molecule has 54 heteroatoms. The molecule has 0 heterocycles. The van der Waals surface area contributed by atoms with E-state index in [4.69, 9.17) is 0 Å². The maximum Gasteiger partial charge on any atom is 0.460 e. The predicted octanol–water partition coefficient (Wildman–Crippen LogP) is 23.0. The molecule has 0 spiro atoms. The highest BCUT2D eigenvalue weighted by atomic mass is 32.2. The van der Waals surface area contributed by atoms with Gasteiger partial charge in [-0.25, -0.2) is 0 Å². The normalized spacial score (nSPS) is 17.7. The third-order valence-electron chi connectivity index (χ3n) is 31.5. The molecule has 0 aliphatic rings. The summed E-state index contributed by atoms with van der Waals surface area (Å²) in [6.07, 6.45) is -20.4. The molecule has 3 atom stereocenters. The molecule has 3 amide bonds. The van der Waals surface area contributed by atoms with Crippen LogP contribution in [0.25, 0.3) is 0 Å². The summed E-state index contributed by atoms with van der Waals surface area (Å²) in [5.41, 5.74) is -53.1. The topological polar surface area (TPSA) is 285 Å². The summed E-state index contributed by atoms with van der Waals surface area (Å²) in [6.45, 7) is 22.9. The third-order valence-corrected chi connectivity index (χ3v) is 34.8. The number of hydrogen-bond acceptors (Lipinski definition) is 11. The summed E-state index contributed by atoms with van der Waals surface area (Å²) in [6, 6.07) is 0. The van der Waals surface area contributed by atoms with Gasteiger partial charge in [-0.2, -0.15) is 175 Å². The van der Waals surface area contributed by atoms with Gasteiger partial charge in [-0.3, -0.25) is 37.6 Å². The van der Waals surface area contributed by atoms with E-state index in [-0.39, 0.29) is 55.4 Å². The van der Waals surface area contributed by atoms with Crippen molar-refractivity contribution in [2.45, 2.75) is 360 Å². The summed E-state index contributed by atoms with van der Waals surface area (Å²) in [4.78, 5) is 79.0. The maximum absolute atomic E-state index is 17.2. The molecule has 1 unspecified atom stereocenters. The number of rotatable bonds is 45. The Morgan fingerprint density at radius 1 is 0.197 bits per heavy atom. The molecule has 17 nitrogen and oxygen atoms in total. The maximum atomic E-state index is 17.2. The van der Waals surface area contributed by atoms with Crippen molar-refractivity contribution in [1.29, 1.82) is 0 Å². The lowest BCUT2D eigenvalue weighted by molar-refractivity contribution is -0.466. The molecule has 0 radical (unpaired) electrons. The molecule has 0 bridgehead atoms. The van der Waals surface area contributed by atoms with Crippen LogP contribution in [-0.4, -0.2) is 197 Å². The zero-order chi connectivity index (χ0) is 109. The van der Waals surface area contributed by atoms with Crippen molar-refractivity contribution in [2.75, 3.05) is 17.3 Å². The zero-order valence-electron chi connectivity index (χ0n) is 78.2. The Bertz CT molecular complexity index is 4420. The second-order valence-electron chi connectivity index (χ2n) is 43.2. The second kappa shape index (κ2) is 33.9. The van der Waals surface area contributed by atoms with Crippen LogP contribution in [0.3, 0.4) is 0 Å². The van der Waals surface area contributed by atoms with Gasteiger partial charge in [0.05, 0.1) is 33.9 Å². The number of hydrogen-bond donors (Lipinski definition) is 6. The highest BCUT2D eigenvalue weighted by Gasteiger charge is 2.99. The van der Waals surface area contributed by atoms with Gasteiger partial charge >= 0.3 is 95.3 Å². The van der Waals surface area contributed by atoms with Crippen LogP contribution in [0.5, 0.6) is 0 Å². The van der Waals surface area contributed by atoms with Crippen molar-refractivity contribution < 1.29 is 212 Å². The van der Waals surface area contributed by atoms with Crippen LogP contribution in [-0.2, 0) is 54.3 Å². The van der Waals surface area contributed by atoms with Crippen LogP contribution in [0.15, 0.2) is 0 Å². The lowest BCUT2D eigenvalue weighted by atomic mass is 9.30. The molecule has 0 saturated carbocycles. The van der Waals surface area contributed by atoms with Crippen LogP contribution < -0.4 is 16.0 Å². The van der Waals surface area contributed by atoms with Crippen molar-refractivity contribution in [2.24, 2.45) is 81.2 Å². The van der Waals surface area contributed by atoms with Crippen LogP contribution in [0.2, 0.25) is 0 Å². The predicted molar refractivity (Wildman–Crippen MR) is 411 cm³/mol. The first kappa shape index (κ1) is 127. The third kappa shape index (κ3) is 18.9. The molecule has 0 aromatic carbocycles. The minimum absolute atomic E-state index is 0.134. The van der Waals surface area contributed by atoms with Gasteiger partial charge in [-0.15, -0.1) is 0 Å². The van der Waals surface area contributed by atoms with Gasteiger partial charge in [0, 0.05) is 51.8 Å². The average Bonchev–Trinajstić information content (AvgIpc) is 0.673. The van der Waals surface area contributed by atoms with E-state index in [1.54, 1.807) is 0 Å². The Morgan fingerprint density at radius 2 is 0.326 bits per heavy atom. The SMILES string of the molecule is CC(C)(CS(=O)(=O)O)NC(=O)CC(C)(C(C)(C)[C@@](C)(CC(=O)NC(C)(C)CS(=O)(=O)O)C(C)(C)C(C)(C)C(C)(C)C(=O)C(C)(C)C(C)(C)C(F)(F)C(F)(F)C(F)(F)C(F)(F)C(F)(F)C(F)(F)C(F)(F)C(F)(F)F)C(C)(C)[C@](C)(CC(=O)NC(C)(C)CS(=O)(=O)O)C(C)(C)C(C)(C)C(C)(C)C(=O)C(C)(C)C(C)(C)C(F)(F)C(F)(F)C(F)(F)C(F)(F)C(F)(F)C(F)(F)C(F)(F)C(F)(F)F. The number of alkyl halides is 34. The smallest absolute Gasteiger partial charge is 0.350 e. The lowest BCUT2D eigenvalue weighted by Crippen LogP contribution is -2.76. The Hall–Kier alpha value is -4.90. The standard InChI is InChI=1S/C78H117F34N3O14S3/c1-45(2,37-130(121,122)123)113-40(116)34-60(31,56(23,24)52(15,16)48(7,8)43(119)50(11,12)54(19,20)63(79,80)65(83,84)67(87,88)69(91,92)71(95,96)73(99,100)75(103,104)77(107,108)109)58(27,28)62(33,36-42(118)115-47(5,6)39-132(127,128)129)59(29,30)61(32,35-41(117)114-46(3,4)38-131(124,125)126)57(25,26)53(17,18)49(9,10)44(120)51(13,14)55(21,22)64(81,82)66(85,86)68(89,90)70(93,94)72(97,98)74(101,102)76(105,106)78(110,111)112/h34-39H2,1-33H3,(H,113,116)(H,114,117)(H,115,118)(H,121,122,123)(H,124,125,126)(H,127,128,129)/t60-,61+,62?. The van der Waals surface area contributed by atoms with Crippen LogP contribution in [0, 0.1) is 81.2 Å². The molecule has 784 valence electrons. The molecule has 0 aromatic heterocycles. The van der Waals surface area contributed by atoms with E-state index in [1.165, 1.54) is 0 Å². The largest absolute Gasteiger partial charge is 0.460 e. The lowest BCUT2D eigenvalue weighted by Gasteiger charge is -2.73. The van der Waals surface area contributed by atoms with E-state index in [0.717, 1.165) is 145 Å². The Labute approximate surface area is 743 Å². The first-order valence-electron chi connectivity index (χ1n) is 39.0. The quantitative estimate of drug-likeness (QED) is 0.0244. The fraction of sp³-hybridized carbons (Fsp3) is 0.936. The number of carbonyl (C=O) groups is 5. The van der Waals surface area contributed by atoms with E-state index >= 15 is 94.2 Å². The van der Waals surface area contributed by atoms with Crippen molar-refractivity contribution in [1.82, 2.24) is 16.0 Å². The molecule has 132 heavy (non-hydrogen) atoms. The number of Topliss-reactive ketones (excluding diaryl/α,β-unsaturated/α-hetero) is 2. The van der Waals surface area contributed by atoms with Crippen LogP contribution in [0.4, 0.5) is 149 Å². The van der Waals surface area contributed by atoms with E-state index in [9.17, 15) is 118 Å². The average molecular weight is 2060 g/mol. The molecular weight excluding hydrogens is 1940 g/mol. The molecule has 0 aliphatic carbocycles. The van der Waals surface area contributed by atoms with Crippen molar-refractivity contribution in [3.63, 3.8) is 0 Å². The first-order chi connectivity index (χ1) is 55.7. The molecule has 0 rings (SSSR count). The van der Waals surface area contributed by atoms with Crippen molar-refractivity contribution in [3.05, 3.63) is 0 Å². The van der Waals surface area contributed by atoms with Gasteiger partial charge in [0.25, 0.3) is 30.4 Å². The number of carbonyl (C=O) groups excluding carboxylic acids is 5. The summed E-state index contributed by atoms with van der Waals surface area (Å²) < 4.78 is 617. The fourth-order valence-corrected chi connectivity index (χ4v) is 21.1. The Balaban J connectivity index is 10.9. The van der Waals surface area contributed by atoms with Crippen LogP contribution >= 0.6 is 0 Å². The van der Waals surface area contributed by atoms with Gasteiger partial charge in [0.1, 0.15) is 11.6 Å². The van der Waals surface area contributed by atoms with E-state index in [1.807, 2.05) is 0 Å². The van der Waals surface area contributed by atoms with Gasteiger partial charge in [-0.05, 0) is 90.3 Å². The van der Waals surface area contributed by atoms with Gasteiger partial charge in [-0.1, -0.05) is 187 Å². The van der Waals surface area contributed by atoms with Gasteiger partial charge in [0.2, 0.25) is 17.7 Å². The fourth-order valence-electron chi connectivity index (χ4n) is 18.1. The molecule has 6 N–H and O–H groups in total. The van der Waals surface area contributed by atoms with Crippen molar-refractivity contribution in [3.8, 4) is 0 Å². The van der Waals surface area contributed by atoms with E-state index in [2.05, 4.69) is 16.0 Å². The highest BCUT2D eigenvalue weighted by molar-refractivity contribution is 7.86. The van der Waals surface area contributed by atoms with Crippen LogP contribution in [0.1, 0.15) is 248 Å². The minimum atomic E-state index is -9.13. The first-order valence-corrected chi connectivity index (χ1v) is 43.9. The Kier molecular flexibility index (Phi) is 32.7. The number of ketones is 2. The number of nitrogens with one attached hydrogen (secondary N) is 3. The summed E-state index contributed by atoms with van der Waals surface area (Å²) in [5.74, 6) is -134. The van der Waals surface area contributed by atoms with E-state index in [0.29, 0.717) is 27.7 Å². The van der Waals surface area contributed by atoms with Gasteiger partial charge in [0.15, 0.2) is 0 Å². The number of halogens is 34. The highest BCUT2D eigenvalue weighted by Crippen LogP contribution is 2.80. The molecule has 0 aromatic rings. The van der Waals surface area contributed by atoms with E-state index < -0.39 is 289 Å². The summed E-state index contributed by atoms with van der Waals surface area (Å²) in [5, 5.41) is 6.95. The molecule has 0 saturated heterocycles. The zero-order valence-corrected chi connectivity index (χ0v) is 80.6. The monoisotopic (exact) mass is 2060 g/mol. The minimum Gasteiger partial charge on any atom is -0.350 e. The summed E-state index contributed by atoms with van der Waals surface area (Å²) in [7, 11) is -15.8. The van der Waals surface area contributed by atoms with Crippen molar-refractivity contribution >= 4 is 59.6 Å². The molecular formula is C78H117F34N3O14S3.